The fraction of sp³-hybridized carbons (Fsp3) is 0.833. The Balaban J connectivity index is 2.26. The van der Waals surface area contributed by atoms with Gasteiger partial charge in [0.1, 0.15) is 0 Å². The van der Waals surface area contributed by atoms with E-state index in [0.717, 1.165) is 25.9 Å². The van der Waals surface area contributed by atoms with E-state index in [9.17, 15) is 4.91 Å². The molecular weight excluding hydrogens is 116 g/mol. The number of likely N-dealkylation sites (tertiary alicyclic amines) is 1. The van der Waals surface area contributed by atoms with Gasteiger partial charge in [0.2, 0.25) is 0 Å². The standard InChI is InChI=1S/C6H11N2O/c1-8-4-2-6(7-9)3-5-8/h6H,1-5H2/q-1. The molecule has 52 valence electrons. The van der Waals surface area contributed by atoms with Crippen LogP contribution in [0.25, 0.3) is 0 Å². The predicted molar refractivity (Wildman–Crippen MR) is 35.7 cm³/mol. The first-order valence-corrected chi connectivity index (χ1v) is 3.21. The molecule has 0 aromatic rings. The van der Waals surface area contributed by atoms with Crippen molar-refractivity contribution in [3.05, 3.63) is 12.0 Å². The van der Waals surface area contributed by atoms with Gasteiger partial charge in [-0.2, -0.15) is 4.91 Å². The molecule has 0 atom stereocenters. The summed E-state index contributed by atoms with van der Waals surface area (Å²) in [6.45, 7) is 1.83. The highest BCUT2D eigenvalue weighted by molar-refractivity contribution is 4.75. The molecule has 0 bridgehead atoms. The molecular formula is C6H11N2O-. The Bertz CT molecular complexity index is 97.2. The van der Waals surface area contributed by atoms with Crippen molar-refractivity contribution in [2.45, 2.75) is 18.9 Å². The van der Waals surface area contributed by atoms with Gasteiger partial charge in [-0.1, -0.05) is 5.18 Å². The zero-order valence-corrected chi connectivity index (χ0v) is 5.42. The second-order valence-electron chi connectivity index (χ2n) is 2.45. The second kappa shape index (κ2) is 2.92. The number of hydrogen-bond donors (Lipinski definition) is 0. The molecule has 0 saturated carbocycles. The van der Waals surface area contributed by atoms with E-state index in [4.69, 9.17) is 0 Å². The van der Waals surface area contributed by atoms with Gasteiger partial charge in [-0.15, -0.1) is 0 Å². The highest BCUT2D eigenvalue weighted by Gasteiger charge is 2.12. The van der Waals surface area contributed by atoms with E-state index in [0.29, 0.717) is 0 Å². The third-order valence-electron chi connectivity index (χ3n) is 1.71. The van der Waals surface area contributed by atoms with Crippen LogP contribution in [0.3, 0.4) is 0 Å². The molecule has 1 rings (SSSR count). The molecule has 0 amide bonds. The minimum absolute atomic E-state index is 0.0583. The zero-order chi connectivity index (χ0) is 6.69. The molecule has 0 aromatic carbocycles. The summed E-state index contributed by atoms with van der Waals surface area (Å²) in [6, 6.07) is 0.0583. The minimum atomic E-state index is 0.0583. The molecule has 1 heterocycles. The maximum atomic E-state index is 9.98. The summed E-state index contributed by atoms with van der Waals surface area (Å²) >= 11 is 0. The van der Waals surface area contributed by atoms with Gasteiger partial charge in [0.15, 0.2) is 0 Å². The van der Waals surface area contributed by atoms with Crippen molar-refractivity contribution in [1.82, 2.24) is 4.90 Å². The Kier molecular flexibility index (Phi) is 2.16. The molecule has 0 aromatic heterocycles. The maximum absolute atomic E-state index is 9.98. The smallest absolute Gasteiger partial charge is 0.0942 e. The molecule has 0 aliphatic carbocycles. The number of nitroso groups, excluding NO2 is 1. The van der Waals surface area contributed by atoms with Crippen LogP contribution in [0.5, 0.6) is 0 Å². The normalized spacial score (nSPS) is 24.1. The summed E-state index contributed by atoms with van der Waals surface area (Å²) in [6.07, 6.45) is 1.76. The molecule has 0 unspecified atom stereocenters. The molecule has 1 saturated heterocycles. The largest absolute Gasteiger partial charge is 0.459 e. The lowest BCUT2D eigenvalue weighted by molar-refractivity contribution is 0.281. The Morgan fingerprint density at radius 2 is 2.00 bits per heavy atom. The van der Waals surface area contributed by atoms with Crippen LogP contribution in [0.15, 0.2) is 5.18 Å². The van der Waals surface area contributed by atoms with Gasteiger partial charge >= 0.3 is 0 Å². The number of rotatable bonds is 1. The Hall–Kier alpha value is -0.440. The fourth-order valence-corrected chi connectivity index (χ4v) is 1.02. The monoisotopic (exact) mass is 127 g/mol. The first kappa shape index (κ1) is 6.68. The predicted octanol–water partition coefficient (Wildman–Crippen LogP) is 1.01. The molecule has 0 N–H and O–H groups in total. The van der Waals surface area contributed by atoms with E-state index >= 15 is 0 Å². The van der Waals surface area contributed by atoms with E-state index in [-0.39, 0.29) is 6.04 Å². The van der Waals surface area contributed by atoms with Crippen LogP contribution in [0.4, 0.5) is 0 Å². The van der Waals surface area contributed by atoms with Crippen LogP contribution in [0.1, 0.15) is 12.8 Å². The van der Waals surface area contributed by atoms with Crippen molar-refractivity contribution in [3.63, 3.8) is 0 Å². The first-order chi connectivity index (χ1) is 4.33. The lowest BCUT2D eigenvalue weighted by Gasteiger charge is -2.31. The molecule has 1 aliphatic rings. The molecule has 0 spiro atoms. The van der Waals surface area contributed by atoms with Crippen molar-refractivity contribution in [3.8, 4) is 0 Å². The molecule has 1 fully saturated rings. The lowest BCUT2D eigenvalue weighted by Crippen LogP contribution is -2.30. The molecule has 1 aliphatic heterocycles. The lowest BCUT2D eigenvalue weighted by atomic mass is 10.1. The average molecular weight is 127 g/mol. The highest BCUT2D eigenvalue weighted by atomic mass is 16.3. The van der Waals surface area contributed by atoms with Gasteiger partial charge in [-0.3, -0.25) is 7.05 Å². The summed E-state index contributed by atoms with van der Waals surface area (Å²) in [5, 5.41) is 2.98. The fourth-order valence-electron chi connectivity index (χ4n) is 1.02. The van der Waals surface area contributed by atoms with E-state index in [1.165, 1.54) is 0 Å². The second-order valence-corrected chi connectivity index (χ2v) is 2.45. The Morgan fingerprint density at radius 3 is 2.44 bits per heavy atom. The first-order valence-electron chi connectivity index (χ1n) is 3.21. The molecule has 9 heavy (non-hydrogen) atoms. The average Bonchev–Trinajstić information content (AvgIpc) is 1.90. The van der Waals surface area contributed by atoms with E-state index in [2.05, 4.69) is 12.2 Å². The van der Waals surface area contributed by atoms with Crippen molar-refractivity contribution in [1.29, 1.82) is 0 Å². The quantitative estimate of drug-likeness (QED) is 0.389. The summed E-state index contributed by atoms with van der Waals surface area (Å²) in [5.74, 6) is 0. The van der Waals surface area contributed by atoms with Crippen LogP contribution < -0.4 is 0 Å². The van der Waals surface area contributed by atoms with Gasteiger partial charge < -0.3 is 4.90 Å². The third-order valence-corrected chi connectivity index (χ3v) is 1.71. The maximum Gasteiger partial charge on any atom is 0.0942 e. The summed E-state index contributed by atoms with van der Waals surface area (Å²) in [5.41, 5.74) is 0. The van der Waals surface area contributed by atoms with Gasteiger partial charge in [-0.25, -0.2) is 0 Å². The van der Waals surface area contributed by atoms with Crippen molar-refractivity contribution < 1.29 is 0 Å². The number of nitrogens with zero attached hydrogens (tertiary/aromatic N) is 2. The zero-order valence-electron chi connectivity index (χ0n) is 5.42. The van der Waals surface area contributed by atoms with Crippen LogP contribution in [-0.4, -0.2) is 24.0 Å². The van der Waals surface area contributed by atoms with Crippen molar-refractivity contribution in [2.75, 3.05) is 13.1 Å². The van der Waals surface area contributed by atoms with E-state index in [1.54, 1.807) is 0 Å². The van der Waals surface area contributed by atoms with Gasteiger partial charge in [0, 0.05) is 0 Å². The topological polar surface area (TPSA) is 32.7 Å². The minimum Gasteiger partial charge on any atom is -0.459 e. The van der Waals surface area contributed by atoms with Gasteiger partial charge in [-0.05, 0) is 25.9 Å². The Labute approximate surface area is 55.0 Å². The molecule has 3 nitrogen and oxygen atoms in total. The number of hydrogen-bond acceptors (Lipinski definition) is 3. The van der Waals surface area contributed by atoms with Crippen LogP contribution in [-0.2, 0) is 0 Å². The summed E-state index contributed by atoms with van der Waals surface area (Å²) in [4.78, 5) is 12.0. The Morgan fingerprint density at radius 1 is 1.44 bits per heavy atom. The van der Waals surface area contributed by atoms with Crippen molar-refractivity contribution in [2.24, 2.45) is 5.18 Å². The SMILES string of the molecule is [CH2-]N1CCC(N=O)CC1. The van der Waals surface area contributed by atoms with Crippen LogP contribution >= 0.6 is 0 Å². The summed E-state index contributed by atoms with van der Waals surface area (Å²) in [7, 11) is 3.76. The van der Waals surface area contributed by atoms with Gasteiger partial charge in [0.25, 0.3) is 0 Å². The van der Waals surface area contributed by atoms with Crippen LogP contribution in [0.2, 0.25) is 0 Å². The van der Waals surface area contributed by atoms with E-state index in [1.807, 2.05) is 4.90 Å². The number of piperidine rings is 1. The van der Waals surface area contributed by atoms with Crippen LogP contribution in [0, 0.1) is 12.0 Å². The van der Waals surface area contributed by atoms with Gasteiger partial charge in [0.05, 0.1) is 6.04 Å². The van der Waals surface area contributed by atoms with E-state index < -0.39 is 0 Å². The molecule has 0 radical (unpaired) electrons. The highest BCUT2D eigenvalue weighted by Crippen LogP contribution is 2.11. The third kappa shape index (κ3) is 1.75. The molecule has 3 heteroatoms. The summed E-state index contributed by atoms with van der Waals surface area (Å²) < 4.78 is 0. The van der Waals surface area contributed by atoms with Crippen molar-refractivity contribution >= 4 is 0 Å².